The van der Waals surface area contributed by atoms with Gasteiger partial charge in [-0.25, -0.2) is 21.1 Å². The van der Waals surface area contributed by atoms with E-state index in [2.05, 4.69) is 5.32 Å². The Labute approximate surface area is 172 Å². The molecule has 1 aromatic carbocycles. The molecular formula is C18H27ClN2O5S2. The highest BCUT2D eigenvalue weighted by atomic mass is 35.5. The van der Waals surface area contributed by atoms with Crippen molar-refractivity contribution in [3.63, 3.8) is 0 Å². The standard InChI is InChI=1S/C18H27ClN2O5S2/c1-3-21(27(2,23)24)14-6-13-20-17(22)18(11-4-5-12-18)28(25,26)16-9-7-15(19)8-10-16/h7-10H,3-6,11-14H2,1-2H3,(H,20,22). The third kappa shape index (κ3) is 4.87. The van der Waals surface area contributed by atoms with Gasteiger partial charge in [0.25, 0.3) is 0 Å². The first-order valence-electron chi connectivity index (χ1n) is 9.28. The van der Waals surface area contributed by atoms with Gasteiger partial charge >= 0.3 is 0 Å². The number of amides is 1. The van der Waals surface area contributed by atoms with E-state index in [-0.39, 0.29) is 30.8 Å². The molecule has 1 aliphatic carbocycles. The lowest BCUT2D eigenvalue weighted by Gasteiger charge is -2.28. The average Bonchev–Trinajstić information content (AvgIpc) is 3.12. The second-order valence-corrected chi connectivity index (χ2v) is 11.7. The summed E-state index contributed by atoms with van der Waals surface area (Å²) < 4.78 is 49.5. The molecule has 1 fully saturated rings. The Balaban J connectivity index is 2.10. The number of carbonyl (C=O) groups is 1. The molecule has 0 atom stereocenters. The van der Waals surface area contributed by atoms with Crippen LogP contribution in [0.15, 0.2) is 29.2 Å². The number of hydrogen-bond acceptors (Lipinski definition) is 5. The van der Waals surface area contributed by atoms with E-state index in [4.69, 9.17) is 11.6 Å². The highest BCUT2D eigenvalue weighted by Crippen LogP contribution is 2.41. The van der Waals surface area contributed by atoms with E-state index < -0.39 is 30.5 Å². The van der Waals surface area contributed by atoms with Gasteiger partial charge < -0.3 is 5.32 Å². The highest BCUT2D eigenvalue weighted by molar-refractivity contribution is 7.93. The molecule has 1 amide bonds. The van der Waals surface area contributed by atoms with Crippen molar-refractivity contribution in [2.75, 3.05) is 25.9 Å². The van der Waals surface area contributed by atoms with E-state index in [9.17, 15) is 21.6 Å². The summed E-state index contributed by atoms with van der Waals surface area (Å²) in [6.07, 6.45) is 3.42. The fourth-order valence-corrected chi connectivity index (χ4v) is 6.72. The summed E-state index contributed by atoms with van der Waals surface area (Å²) in [6, 6.07) is 5.85. The first-order valence-corrected chi connectivity index (χ1v) is 13.0. The molecule has 1 N–H and O–H groups in total. The third-order valence-electron chi connectivity index (χ3n) is 5.15. The number of halogens is 1. The molecule has 28 heavy (non-hydrogen) atoms. The van der Waals surface area contributed by atoms with Crippen molar-refractivity contribution in [2.45, 2.75) is 48.7 Å². The average molecular weight is 451 g/mol. The molecule has 10 heteroatoms. The molecule has 0 saturated heterocycles. The van der Waals surface area contributed by atoms with E-state index in [1.54, 1.807) is 6.92 Å². The minimum absolute atomic E-state index is 0.0863. The fraction of sp³-hybridized carbons (Fsp3) is 0.611. The maximum absolute atomic E-state index is 13.2. The van der Waals surface area contributed by atoms with Crippen molar-refractivity contribution in [3.05, 3.63) is 29.3 Å². The van der Waals surface area contributed by atoms with Gasteiger partial charge in [0.15, 0.2) is 14.6 Å². The minimum Gasteiger partial charge on any atom is -0.355 e. The van der Waals surface area contributed by atoms with Gasteiger partial charge in [-0.15, -0.1) is 0 Å². The number of sulfone groups is 1. The Morgan fingerprint density at radius 2 is 1.71 bits per heavy atom. The lowest BCUT2D eigenvalue weighted by atomic mass is 10.1. The lowest BCUT2D eigenvalue weighted by molar-refractivity contribution is -0.123. The molecule has 7 nitrogen and oxygen atoms in total. The van der Waals surface area contributed by atoms with Crippen LogP contribution in [0.5, 0.6) is 0 Å². The number of hydrogen-bond donors (Lipinski definition) is 1. The number of nitrogens with one attached hydrogen (secondary N) is 1. The van der Waals surface area contributed by atoms with Gasteiger partial charge in [-0.1, -0.05) is 31.4 Å². The first kappa shape index (κ1) is 23.1. The molecule has 0 radical (unpaired) electrons. The van der Waals surface area contributed by atoms with Gasteiger partial charge in [-0.05, 0) is 43.5 Å². The molecule has 0 aromatic heterocycles. The molecule has 0 spiro atoms. The maximum atomic E-state index is 13.2. The van der Waals surface area contributed by atoms with Crippen molar-refractivity contribution >= 4 is 37.4 Å². The Bertz CT molecular complexity index is 892. The molecular weight excluding hydrogens is 424 g/mol. The zero-order chi connectivity index (χ0) is 21.0. The Hall–Kier alpha value is -1.16. The second kappa shape index (κ2) is 9.11. The smallest absolute Gasteiger partial charge is 0.241 e. The summed E-state index contributed by atoms with van der Waals surface area (Å²) >= 11 is 5.85. The van der Waals surface area contributed by atoms with E-state index in [1.165, 1.54) is 28.6 Å². The maximum Gasteiger partial charge on any atom is 0.241 e. The molecule has 0 bridgehead atoms. The van der Waals surface area contributed by atoms with Gasteiger partial charge in [0.2, 0.25) is 15.9 Å². The van der Waals surface area contributed by atoms with Gasteiger partial charge in [0.1, 0.15) is 0 Å². The van der Waals surface area contributed by atoms with Crippen LogP contribution >= 0.6 is 11.6 Å². The lowest BCUT2D eigenvalue weighted by Crippen LogP contribution is -2.51. The largest absolute Gasteiger partial charge is 0.355 e. The van der Waals surface area contributed by atoms with Crippen molar-refractivity contribution in [1.82, 2.24) is 9.62 Å². The van der Waals surface area contributed by atoms with Crippen LogP contribution in [0, 0.1) is 0 Å². The topological polar surface area (TPSA) is 101 Å². The molecule has 2 rings (SSSR count). The normalized spacial score (nSPS) is 17.0. The number of nitrogens with zero attached hydrogens (tertiary/aromatic N) is 1. The van der Waals surface area contributed by atoms with Crippen molar-refractivity contribution < 1.29 is 21.6 Å². The summed E-state index contributed by atoms with van der Waals surface area (Å²) in [5.74, 6) is -0.512. The van der Waals surface area contributed by atoms with E-state index in [0.29, 0.717) is 30.8 Å². The van der Waals surface area contributed by atoms with E-state index >= 15 is 0 Å². The summed E-state index contributed by atoms with van der Waals surface area (Å²) in [4.78, 5) is 13.0. The minimum atomic E-state index is -3.87. The Morgan fingerprint density at radius 1 is 1.14 bits per heavy atom. The van der Waals surface area contributed by atoms with Crippen LogP contribution < -0.4 is 5.32 Å². The van der Waals surface area contributed by atoms with Crippen LogP contribution in [0.2, 0.25) is 5.02 Å². The quantitative estimate of drug-likeness (QED) is 0.581. The van der Waals surface area contributed by atoms with E-state index in [0.717, 1.165) is 6.26 Å². The first-order chi connectivity index (χ1) is 13.0. The van der Waals surface area contributed by atoms with Gasteiger partial charge in [0.05, 0.1) is 11.2 Å². The molecule has 1 aromatic rings. The van der Waals surface area contributed by atoms with Crippen molar-refractivity contribution in [2.24, 2.45) is 0 Å². The van der Waals surface area contributed by atoms with Crippen LogP contribution in [0.3, 0.4) is 0 Å². The van der Waals surface area contributed by atoms with Crippen molar-refractivity contribution in [1.29, 1.82) is 0 Å². The van der Waals surface area contributed by atoms with Crippen LogP contribution in [0.1, 0.15) is 39.0 Å². The monoisotopic (exact) mass is 450 g/mol. The Morgan fingerprint density at radius 3 is 2.21 bits per heavy atom. The number of sulfonamides is 1. The molecule has 0 aliphatic heterocycles. The van der Waals surface area contributed by atoms with Gasteiger partial charge in [-0.2, -0.15) is 0 Å². The highest BCUT2D eigenvalue weighted by Gasteiger charge is 2.52. The predicted molar refractivity (Wildman–Crippen MR) is 110 cm³/mol. The van der Waals surface area contributed by atoms with Crippen LogP contribution in [-0.2, 0) is 24.7 Å². The number of benzene rings is 1. The fourth-order valence-electron chi connectivity index (χ4n) is 3.58. The summed E-state index contributed by atoms with van der Waals surface area (Å²) in [7, 11) is -7.17. The molecule has 1 saturated carbocycles. The van der Waals surface area contributed by atoms with Crippen LogP contribution in [0.4, 0.5) is 0 Å². The molecule has 158 valence electrons. The second-order valence-electron chi connectivity index (χ2n) is 7.02. The zero-order valence-corrected chi connectivity index (χ0v) is 18.5. The summed E-state index contributed by atoms with van der Waals surface area (Å²) in [6.45, 7) is 2.57. The van der Waals surface area contributed by atoms with Crippen molar-refractivity contribution in [3.8, 4) is 0 Å². The molecule has 0 unspecified atom stereocenters. The Kier molecular flexibility index (Phi) is 7.52. The summed E-state index contributed by atoms with van der Waals surface area (Å²) in [5.41, 5.74) is 0. The molecule has 1 aliphatic rings. The summed E-state index contributed by atoms with van der Waals surface area (Å²) in [5, 5.41) is 3.14. The van der Waals surface area contributed by atoms with Crippen LogP contribution in [0.25, 0.3) is 0 Å². The number of rotatable bonds is 9. The third-order valence-corrected chi connectivity index (χ3v) is 9.30. The van der Waals surface area contributed by atoms with E-state index in [1.807, 2.05) is 0 Å². The predicted octanol–water partition coefficient (Wildman–Crippen LogP) is 2.21. The SMILES string of the molecule is CCN(CCCNC(=O)C1(S(=O)(=O)c2ccc(Cl)cc2)CCCC1)S(C)(=O)=O. The number of carbonyl (C=O) groups excluding carboxylic acids is 1. The van der Waals surface area contributed by atoms with Gasteiger partial charge in [0, 0.05) is 24.7 Å². The molecule has 0 heterocycles. The van der Waals surface area contributed by atoms with Crippen LogP contribution in [-0.4, -0.2) is 57.7 Å². The zero-order valence-electron chi connectivity index (χ0n) is 16.1. The van der Waals surface area contributed by atoms with Gasteiger partial charge in [-0.3, -0.25) is 4.79 Å².